The Morgan fingerprint density at radius 1 is 1.18 bits per heavy atom. The van der Waals surface area contributed by atoms with E-state index in [0.29, 0.717) is 6.42 Å². The van der Waals surface area contributed by atoms with Gasteiger partial charge in [-0.05, 0) is 45.4 Å². The molecule has 1 heterocycles. The summed E-state index contributed by atoms with van der Waals surface area (Å²) in [4.78, 5) is 12.3. The van der Waals surface area contributed by atoms with Crippen molar-refractivity contribution >= 4 is 5.91 Å². The number of ether oxygens (including phenoxy) is 1. The lowest BCUT2D eigenvalue weighted by molar-refractivity contribution is -0.787. The van der Waals surface area contributed by atoms with Crippen molar-refractivity contribution < 1.29 is 14.8 Å². The van der Waals surface area contributed by atoms with Gasteiger partial charge in [-0.1, -0.05) is 12.1 Å². The van der Waals surface area contributed by atoms with Crippen LogP contribution in [0, 0.1) is 0 Å². The van der Waals surface area contributed by atoms with E-state index in [1.807, 2.05) is 24.3 Å². The van der Waals surface area contributed by atoms with E-state index in [2.05, 4.69) is 38.3 Å². The number of carbonyl (C=O) groups is 1. The van der Waals surface area contributed by atoms with E-state index >= 15 is 0 Å². The number of benzene rings is 1. The summed E-state index contributed by atoms with van der Waals surface area (Å²) in [5.41, 5.74) is 1.35. The molecule has 1 aliphatic heterocycles. The predicted molar refractivity (Wildman–Crippen MR) is 87.9 cm³/mol. The van der Waals surface area contributed by atoms with E-state index in [0.717, 1.165) is 24.2 Å². The molecule has 4 heteroatoms. The zero-order valence-corrected chi connectivity index (χ0v) is 14.4. The zero-order valence-electron chi connectivity index (χ0n) is 14.4. The summed E-state index contributed by atoms with van der Waals surface area (Å²) in [5, 5.41) is 5.64. The predicted octanol–water partition coefficient (Wildman–Crippen LogP) is 1.64. The zero-order chi connectivity index (χ0) is 16.4. The Bertz CT molecular complexity index is 504. The Balaban J connectivity index is 1.93. The van der Waals surface area contributed by atoms with Crippen LogP contribution in [-0.2, 0) is 11.2 Å². The topological polar surface area (TPSA) is 54.9 Å². The average molecular weight is 305 g/mol. The van der Waals surface area contributed by atoms with Crippen molar-refractivity contribution in [2.24, 2.45) is 0 Å². The van der Waals surface area contributed by atoms with E-state index in [9.17, 15) is 4.79 Å². The third-order valence-corrected chi connectivity index (χ3v) is 4.22. The third-order valence-electron chi connectivity index (χ3n) is 4.22. The molecule has 3 N–H and O–H groups in total. The van der Waals surface area contributed by atoms with Crippen LogP contribution in [0.1, 0.15) is 46.1 Å². The fraction of sp³-hybridized carbons (Fsp3) is 0.611. The lowest BCUT2D eigenvalue weighted by Crippen LogP contribution is -3.06. The fourth-order valence-corrected chi connectivity index (χ4v) is 3.83. The van der Waals surface area contributed by atoms with Gasteiger partial charge in [0.2, 0.25) is 5.91 Å². The summed E-state index contributed by atoms with van der Waals surface area (Å²) in [7, 11) is 1.64. The van der Waals surface area contributed by atoms with Gasteiger partial charge >= 0.3 is 0 Å². The van der Waals surface area contributed by atoms with Gasteiger partial charge in [0.05, 0.1) is 24.6 Å². The van der Waals surface area contributed by atoms with Gasteiger partial charge < -0.3 is 15.4 Å². The molecule has 0 bridgehead atoms. The van der Waals surface area contributed by atoms with Crippen LogP contribution >= 0.6 is 0 Å². The molecular formula is C18H29N2O2+. The van der Waals surface area contributed by atoms with Gasteiger partial charge in [-0.3, -0.25) is 4.79 Å². The van der Waals surface area contributed by atoms with E-state index in [1.165, 1.54) is 0 Å². The first-order valence-corrected chi connectivity index (χ1v) is 7.98. The number of nitrogens with two attached hydrogens (primary N) is 1. The maximum atomic E-state index is 12.3. The molecule has 1 saturated heterocycles. The van der Waals surface area contributed by atoms with E-state index in [-0.39, 0.29) is 23.0 Å². The molecule has 122 valence electrons. The van der Waals surface area contributed by atoms with Crippen LogP contribution in [-0.4, -0.2) is 30.1 Å². The second-order valence-corrected chi connectivity index (χ2v) is 7.82. The molecule has 0 spiro atoms. The van der Waals surface area contributed by atoms with Crippen molar-refractivity contribution in [3.8, 4) is 5.75 Å². The molecule has 0 aromatic heterocycles. The number of piperidine rings is 1. The van der Waals surface area contributed by atoms with Gasteiger partial charge in [0.25, 0.3) is 0 Å². The molecule has 1 amide bonds. The Kier molecular flexibility index (Phi) is 4.81. The monoisotopic (exact) mass is 305 g/mol. The van der Waals surface area contributed by atoms with Crippen LogP contribution in [0.5, 0.6) is 5.75 Å². The molecule has 0 radical (unpaired) electrons. The van der Waals surface area contributed by atoms with E-state index < -0.39 is 0 Å². The van der Waals surface area contributed by atoms with E-state index in [4.69, 9.17) is 4.74 Å². The minimum absolute atomic E-state index is 0.101. The standard InChI is InChI=1S/C18H28N2O2/c1-17(2)11-14(12-18(3,4)20-17)19-16(21)10-13-6-8-15(22-5)9-7-13/h6-9,14,20H,10-12H2,1-5H3,(H,19,21)/p+1. The first-order chi connectivity index (χ1) is 10.2. The molecule has 4 nitrogen and oxygen atoms in total. The van der Waals surface area contributed by atoms with Crippen molar-refractivity contribution in [2.75, 3.05) is 7.11 Å². The van der Waals surface area contributed by atoms with Gasteiger partial charge in [0.15, 0.2) is 0 Å². The van der Waals surface area contributed by atoms with Crippen LogP contribution in [0.3, 0.4) is 0 Å². The summed E-state index contributed by atoms with van der Waals surface area (Å²) >= 11 is 0. The first kappa shape index (κ1) is 16.8. The summed E-state index contributed by atoms with van der Waals surface area (Å²) < 4.78 is 5.14. The Hall–Kier alpha value is -1.55. The lowest BCUT2D eigenvalue weighted by atomic mass is 9.79. The maximum Gasteiger partial charge on any atom is 0.224 e. The number of methoxy groups -OCH3 is 1. The van der Waals surface area contributed by atoms with Crippen molar-refractivity contribution in [2.45, 2.75) is 64.1 Å². The molecule has 1 aliphatic rings. The van der Waals surface area contributed by atoms with Crippen LogP contribution in [0.25, 0.3) is 0 Å². The smallest absolute Gasteiger partial charge is 0.224 e. The van der Waals surface area contributed by atoms with Crippen molar-refractivity contribution in [3.05, 3.63) is 29.8 Å². The fourth-order valence-electron chi connectivity index (χ4n) is 3.83. The highest BCUT2D eigenvalue weighted by Crippen LogP contribution is 2.22. The normalized spacial score (nSPS) is 20.4. The number of rotatable bonds is 4. The average Bonchev–Trinajstić information content (AvgIpc) is 2.35. The molecule has 0 aliphatic carbocycles. The molecular weight excluding hydrogens is 276 g/mol. The van der Waals surface area contributed by atoms with Crippen molar-refractivity contribution in [3.63, 3.8) is 0 Å². The highest BCUT2D eigenvalue weighted by molar-refractivity contribution is 5.78. The second-order valence-electron chi connectivity index (χ2n) is 7.82. The Morgan fingerprint density at radius 3 is 2.23 bits per heavy atom. The maximum absolute atomic E-state index is 12.3. The SMILES string of the molecule is COc1ccc(CC(=O)NC2CC(C)(C)[NH2+]C(C)(C)C2)cc1. The molecule has 1 aromatic carbocycles. The van der Waals surface area contributed by atoms with Crippen molar-refractivity contribution in [1.29, 1.82) is 0 Å². The van der Waals surface area contributed by atoms with Gasteiger partial charge in [0, 0.05) is 18.9 Å². The Morgan fingerprint density at radius 2 is 1.73 bits per heavy atom. The lowest BCUT2D eigenvalue weighted by Gasteiger charge is -2.43. The van der Waals surface area contributed by atoms with Crippen molar-refractivity contribution in [1.82, 2.24) is 5.32 Å². The number of nitrogens with one attached hydrogen (secondary N) is 1. The minimum atomic E-state index is 0.101. The quantitative estimate of drug-likeness (QED) is 0.888. The van der Waals surface area contributed by atoms with Gasteiger partial charge in [-0.25, -0.2) is 0 Å². The minimum Gasteiger partial charge on any atom is -0.497 e. The third kappa shape index (κ3) is 4.73. The molecule has 1 fully saturated rings. The van der Waals surface area contributed by atoms with Crippen LogP contribution < -0.4 is 15.4 Å². The van der Waals surface area contributed by atoms with Gasteiger partial charge in [0.1, 0.15) is 5.75 Å². The number of hydrogen-bond acceptors (Lipinski definition) is 2. The molecule has 0 unspecified atom stereocenters. The molecule has 22 heavy (non-hydrogen) atoms. The number of amides is 1. The largest absolute Gasteiger partial charge is 0.497 e. The molecule has 1 aromatic rings. The molecule has 0 saturated carbocycles. The van der Waals surface area contributed by atoms with Gasteiger partial charge in [-0.2, -0.15) is 0 Å². The van der Waals surface area contributed by atoms with Crippen LogP contribution in [0.15, 0.2) is 24.3 Å². The summed E-state index contributed by atoms with van der Waals surface area (Å²) in [6.07, 6.45) is 2.43. The number of quaternary nitrogens is 1. The molecule has 2 rings (SSSR count). The summed E-state index contributed by atoms with van der Waals surface area (Å²) in [6, 6.07) is 7.93. The Labute approximate surface area is 133 Å². The van der Waals surface area contributed by atoms with Crippen LogP contribution in [0.4, 0.5) is 0 Å². The number of carbonyl (C=O) groups excluding carboxylic acids is 1. The highest BCUT2D eigenvalue weighted by atomic mass is 16.5. The molecule has 0 atom stereocenters. The summed E-state index contributed by atoms with van der Waals surface area (Å²) in [6.45, 7) is 8.99. The highest BCUT2D eigenvalue weighted by Gasteiger charge is 2.41. The van der Waals surface area contributed by atoms with Crippen LogP contribution in [0.2, 0.25) is 0 Å². The number of hydrogen-bond donors (Lipinski definition) is 2. The first-order valence-electron chi connectivity index (χ1n) is 7.98. The summed E-state index contributed by atoms with van der Waals surface area (Å²) in [5.74, 6) is 0.916. The second kappa shape index (κ2) is 6.29. The van der Waals surface area contributed by atoms with Gasteiger partial charge in [-0.15, -0.1) is 0 Å². The van der Waals surface area contributed by atoms with E-state index in [1.54, 1.807) is 7.11 Å².